The Morgan fingerprint density at radius 1 is 0.427 bits per heavy atom. The molecule has 6 heterocycles. The summed E-state index contributed by atoms with van der Waals surface area (Å²) in [4.78, 5) is 120. The number of aromatic carboxylic acids is 4. The maximum Gasteiger partial charge on any atom is 0.338 e. The van der Waals surface area contributed by atoms with Crippen LogP contribution in [0.2, 0.25) is 0 Å². The summed E-state index contributed by atoms with van der Waals surface area (Å²) in [5.41, 5.74) is 0.527. The quantitative estimate of drug-likeness (QED) is 0.0609. The molecule has 0 saturated carbocycles. The number of benzene rings is 3. The fourth-order valence-corrected chi connectivity index (χ4v) is 8.53. The lowest BCUT2D eigenvalue weighted by Gasteiger charge is -2.21. The van der Waals surface area contributed by atoms with Crippen molar-refractivity contribution in [2.75, 3.05) is 0 Å². The summed E-state index contributed by atoms with van der Waals surface area (Å²) in [7, 11) is 0. The minimum Gasteiger partial charge on any atom is -0.478 e. The summed E-state index contributed by atoms with van der Waals surface area (Å²) in [5, 5.41) is 48.6. The highest BCUT2D eigenvalue weighted by atomic mass is 16.4. The molecule has 0 radical (unpaired) electrons. The van der Waals surface area contributed by atoms with Crippen LogP contribution in [0.3, 0.4) is 0 Å². The first-order valence-electron chi connectivity index (χ1n) is 26.4. The lowest BCUT2D eigenvalue weighted by atomic mass is 9.89. The Kier molecular flexibility index (Phi) is 17.9. The van der Waals surface area contributed by atoms with Gasteiger partial charge in [0, 0.05) is 22.7 Å². The number of carbonyl (C=O) groups excluding carboxylic acids is 4. The van der Waals surface area contributed by atoms with Crippen molar-refractivity contribution in [1.29, 1.82) is 0 Å². The number of fused-ring (bicyclic) bond motifs is 1. The Morgan fingerprint density at radius 2 is 0.829 bits per heavy atom. The van der Waals surface area contributed by atoms with Crippen molar-refractivity contribution in [3.05, 3.63) is 141 Å². The first-order valence-corrected chi connectivity index (χ1v) is 26.4. The average Bonchev–Trinajstić information content (AvgIpc) is 4.22. The van der Waals surface area contributed by atoms with Crippen LogP contribution in [0.1, 0.15) is 158 Å². The molecule has 0 spiro atoms. The molecule has 0 bridgehead atoms. The van der Waals surface area contributed by atoms with E-state index >= 15 is 0 Å². The van der Waals surface area contributed by atoms with Crippen LogP contribution < -0.4 is 21.3 Å². The molecule has 22 heteroatoms. The smallest absolute Gasteiger partial charge is 0.338 e. The number of carbonyl (C=O) groups is 8. The summed E-state index contributed by atoms with van der Waals surface area (Å²) in [5.74, 6) is -3.98. The van der Waals surface area contributed by atoms with E-state index in [1.807, 2.05) is 87.4 Å². The van der Waals surface area contributed by atoms with Crippen LogP contribution in [0, 0.1) is 37.5 Å². The molecule has 5 aromatic rings. The second kappa shape index (κ2) is 23.8. The normalized spacial score (nSPS) is 21.6. The van der Waals surface area contributed by atoms with Crippen molar-refractivity contribution < 1.29 is 58.8 Å². The predicted octanol–water partition coefficient (Wildman–Crippen LogP) is 7.26. The van der Waals surface area contributed by atoms with Gasteiger partial charge in [-0.3, -0.25) is 34.1 Å². The largest absolute Gasteiger partial charge is 0.478 e. The molecule has 0 aliphatic carbocycles. The molecule has 2 aromatic heterocycles. The lowest BCUT2D eigenvalue weighted by molar-refractivity contribution is -0.125. The van der Waals surface area contributed by atoms with Crippen molar-refractivity contribution in [2.45, 2.75) is 119 Å². The van der Waals surface area contributed by atoms with Crippen molar-refractivity contribution in [2.24, 2.45) is 43.6 Å². The molecule has 4 aliphatic rings. The van der Waals surface area contributed by atoms with Crippen LogP contribution in [0.25, 0.3) is 10.9 Å². The number of carboxylic acids is 4. The zero-order chi connectivity index (χ0) is 61.1. The van der Waals surface area contributed by atoms with Gasteiger partial charge in [0.1, 0.15) is 45.2 Å². The average molecular weight is 1120 g/mol. The first-order chi connectivity index (χ1) is 38.2. The molecule has 3 aromatic carbocycles. The van der Waals surface area contributed by atoms with Gasteiger partial charge in [-0.25, -0.2) is 34.1 Å². The molecule has 430 valence electrons. The number of rotatable bonds is 12. The van der Waals surface area contributed by atoms with E-state index in [1.165, 1.54) is 24.4 Å². The number of hydrogen-bond donors (Lipinski definition) is 8. The third kappa shape index (κ3) is 12.3. The second-order valence-electron chi connectivity index (χ2n) is 22.2. The van der Waals surface area contributed by atoms with E-state index in [-0.39, 0.29) is 92.6 Å². The predicted molar refractivity (Wildman–Crippen MR) is 308 cm³/mol. The number of amidine groups is 4. The van der Waals surface area contributed by atoms with Crippen molar-refractivity contribution >= 4 is 81.8 Å². The maximum absolute atomic E-state index is 12.3. The number of carboxylic acid groups (broad SMARTS) is 4. The van der Waals surface area contributed by atoms with E-state index < -0.39 is 46.0 Å². The Bertz CT molecular complexity index is 3600. The van der Waals surface area contributed by atoms with Gasteiger partial charge in [-0.2, -0.15) is 0 Å². The van der Waals surface area contributed by atoms with Gasteiger partial charge in [0.2, 0.25) is 0 Å². The Balaban J connectivity index is 0.000000176. The first kappa shape index (κ1) is 61.9. The van der Waals surface area contributed by atoms with E-state index in [0.717, 1.165) is 16.5 Å². The Labute approximate surface area is 473 Å². The number of pyridine rings is 2. The molecule has 0 fully saturated rings. The standard InChI is InChI=1S/C17H17N3O3.2C15H18N2O3.C13H15N3O3/c1-9(2)17(3)16(23)19-14(20-17)13-11(15(21)22)8-10-6-4-5-7-12(10)18-13;1-8(2)15(4)14(20)16-12(17-15)11-7-9(3)5-6-10(11)13(18)19;1-8(2)15(4)14(20)16-12(17-15)10-6-5-9(3)7-11(10)13(18)19;1-7(2)13(3)12(19)15-10(16-13)9-8(11(17)18)5-4-6-14-9/h4-9H,1-3H3,(H,21,22)(H,19,20,23);2*5-8H,1-4H3,(H,18,19)(H,16,17,20);4-7H,1-3H3,(H,17,18)(H,15,16,19). The zero-order valence-electron chi connectivity index (χ0n) is 48.1. The monoisotopic (exact) mass is 1120 g/mol. The SMILES string of the molecule is CC(C)C1(C)N=C(c2nc3ccccc3cc2C(=O)O)NC1=O.CC(C)C1(C)N=C(c2ncccc2C(=O)O)NC1=O.Cc1ccc(C(=O)O)c(C2=NC(C)(C(C)C)C(=O)N2)c1.Cc1ccc(C2=NC(C)(C(C)C)C(=O)N2)c(C(=O)O)c1. The molecular weight excluding hydrogens is 1050 g/mol. The zero-order valence-corrected chi connectivity index (χ0v) is 48.1. The number of nitrogens with zero attached hydrogens (tertiary/aromatic N) is 6. The van der Waals surface area contributed by atoms with Gasteiger partial charge in [-0.05, 0) is 108 Å². The van der Waals surface area contributed by atoms with Crippen LogP contribution in [0.4, 0.5) is 0 Å². The molecule has 82 heavy (non-hydrogen) atoms. The van der Waals surface area contributed by atoms with Crippen molar-refractivity contribution in [1.82, 2.24) is 31.2 Å². The fourth-order valence-electron chi connectivity index (χ4n) is 8.53. The molecule has 8 N–H and O–H groups in total. The van der Waals surface area contributed by atoms with Gasteiger partial charge in [0.05, 0.1) is 27.8 Å². The minimum atomic E-state index is -1.10. The third-order valence-electron chi connectivity index (χ3n) is 15.4. The summed E-state index contributed by atoms with van der Waals surface area (Å²) < 4.78 is 0. The van der Waals surface area contributed by atoms with E-state index in [9.17, 15) is 53.7 Å². The van der Waals surface area contributed by atoms with Crippen LogP contribution in [0.5, 0.6) is 0 Å². The van der Waals surface area contributed by atoms with Crippen molar-refractivity contribution in [3.8, 4) is 0 Å². The molecule has 4 atom stereocenters. The van der Waals surface area contributed by atoms with Crippen LogP contribution in [-0.4, -0.2) is 123 Å². The van der Waals surface area contributed by atoms with Gasteiger partial charge in [0.15, 0.2) is 11.7 Å². The van der Waals surface area contributed by atoms with Crippen LogP contribution in [0.15, 0.2) is 105 Å². The van der Waals surface area contributed by atoms with E-state index in [2.05, 4.69) is 51.2 Å². The maximum atomic E-state index is 12.3. The van der Waals surface area contributed by atoms with E-state index in [4.69, 9.17) is 5.11 Å². The highest BCUT2D eigenvalue weighted by Crippen LogP contribution is 2.32. The molecule has 4 unspecified atom stereocenters. The number of hydrogen-bond acceptors (Lipinski definition) is 14. The highest BCUT2D eigenvalue weighted by molar-refractivity contribution is 6.21. The molecule has 0 saturated heterocycles. The second-order valence-corrected chi connectivity index (χ2v) is 22.2. The Hall–Kier alpha value is -9.34. The van der Waals surface area contributed by atoms with E-state index in [1.54, 1.807) is 70.2 Å². The number of aliphatic imine (C=N–C) groups is 4. The lowest BCUT2D eigenvalue weighted by Crippen LogP contribution is -2.41. The number of aryl methyl sites for hydroxylation is 2. The van der Waals surface area contributed by atoms with Crippen molar-refractivity contribution in [3.63, 3.8) is 0 Å². The summed E-state index contributed by atoms with van der Waals surface area (Å²) in [6.07, 6.45) is 1.47. The number of amides is 4. The summed E-state index contributed by atoms with van der Waals surface area (Å²) in [6.45, 7) is 25.9. The third-order valence-corrected chi connectivity index (χ3v) is 15.4. The molecule has 9 rings (SSSR count). The van der Waals surface area contributed by atoms with Gasteiger partial charge >= 0.3 is 23.9 Å². The number of nitrogens with one attached hydrogen (secondary N) is 4. The number of para-hydroxylation sites is 1. The summed E-state index contributed by atoms with van der Waals surface area (Å²) in [6, 6.07) is 21.8. The highest BCUT2D eigenvalue weighted by Gasteiger charge is 2.46. The van der Waals surface area contributed by atoms with Gasteiger partial charge < -0.3 is 41.7 Å². The Morgan fingerprint density at radius 3 is 1.28 bits per heavy atom. The molecule has 4 amide bonds. The van der Waals surface area contributed by atoms with Gasteiger partial charge in [-0.15, -0.1) is 0 Å². The van der Waals surface area contributed by atoms with Crippen LogP contribution in [-0.2, 0) is 19.2 Å². The molecule has 22 nitrogen and oxygen atoms in total. The fraction of sp³-hybridized carbons (Fsp3) is 0.367. The van der Waals surface area contributed by atoms with Gasteiger partial charge in [0.25, 0.3) is 23.6 Å². The van der Waals surface area contributed by atoms with Gasteiger partial charge in [-0.1, -0.05) is 103 Å². The number of aromatic nitrogens is 2. The van der Waals surface area contributed by atoms with Crippen LogP contribution >= 0.6 is 0 Å². The summed E-state index contributed by atoms with van der Waals surface area (Å²) >= 11 is 0. The molecule has 4 aliphatic heterocycles. The van der Waals surface area contributed by atoms with E-state index in [0.29, 0.717) is 28.3 Å². The molecular formula is C60H68N10O12. The topological polar surface area (TPSA) is 341 Å². The minimum absolute atomic E-state index is 0.00184.